The van der Waals surface area contributed by atoms with Crippen molar-refractivity contribution in [2.75, 3.05) is 19.7 Å². The number of para-hydroxylation sites is 1. The van der Waals surface area contributed by atoms with Crippen molar-refractivity contribution >= 4 is 17.0 Å². The van der Waals surface area contributed by atoms with E-state index in [9.17, 15) is 4.79 Å². The molecule has 0 unspecified atom stereocenters. The molecule has 1 aliphatic heterocycles. The predicted octanol–water partition coefficient (Wildman–Crippen LogP) is 3.36. The molecule has 0 spiro atoms. The van der Waals surface area contributed by atoms with Crippen LogP contribution >= 0.6 is 0 Å². The number of aromatic nitrogens is 1. The van der Waals surface area contributed by atoms with E-state index in [4.69, 9.17) is 4.74 Å². The Bertz CT molecular complexity index is 645. The van der Waals surface area contributed by atoms with E-state index < -0.39 is 0 Å². The van der Waals surface area contributed by atoms with Gasteiger partial charge in [0.05, 0.1) is 6.61 Å². The van der Waals surface area contributed by atoms with Crippen LogP contribution in [0.1, 0.15) is 25.1 Å². The van der Waals surface area contributed by atoms with Gasteiger partial charge in [-0.25, -0.2) is 4.79 Å². The third kappa shape index (κ3) is 2.89. The Kier molecular flexibility index (Phi) is 3.86. The van der Waals surface area contributed by atoms with Crippen molar-refractivity contribution in [3.8, 4) is 0 Å². The van der Waals surface area contributed by atoms with E-state index in [0.29, 0.717) is 12.5 Å². The first-order valence-corrected chi connectivity index (χ1v) is 7.65. The zero-order valence-electron chi connectivity index (χ0n) is 12.7. The number of amides is 1. The van der Waals surface area contributed by atoms with Crippen LogP contribution in [0.3, 0.4) is 0 Å². The maximum Gasteiger partial charge on any atom is 0.409 e. The number of ether oxygens (including phenoxy) is 1. The van der Waals surface area contributed by atoms with Crippen molar-refractivity contribution in [3.05, 3.63) is 35.5 Å². The number of aromatic amines is 1. The molecule has 0 atom stereocenters. The number of nitrogens with one attached hydrogen (secondary N) is 1. The summed E-state index contributed by atoms with van der Waals surface area (Å²) < 4.78 is 5.34. The van der Waals surface area contributed by atoms with Gasteiger partial charge in [0.15, 0.2) is 0 Å². The van der Waals surface area contributed by atoms with E-state index in [2.05, 4.69) is 23.2 Å². The molecule has 3 rings (SSSR count). The number of hydrogen-bond donors (Lipinski definition) is 1. The van der Waals surface area contributed by atoms with Crippen molar-refractivity contribution in [2.45, 2.75) is 26.7 Å². The predicted molar refractivity (Wildman–Crippen MR) is 83.5 cm³/mol. The number of hydrogen-bond acceptors (Lipinski definition) is 2. The average Bonchev–Trinajstić information content (AvgIpc) is 2.69. The first kappa shape index (κ1) is 14.0. The Morgan fingerprint density at radius 3 is 2.86 bits per heavy atom. The van der Waals surface area contributed by atoms with Crippen molar-refractivity contribution in [2.24, 2.45) is 5.92 Å². The Morgan fingerprint density at radius 1 is 1.29 bits per heavy atom. The highest BCUT2D eigenvalue weighted by Crippen LogP contribution is 2.25. The summed E-state index contributed by atoms with van der Waals surface area (Å²) in [5.74, 6) is 0.373. The van der Waals surface area contributed by atoms with Crippen LogP contribution in [-0.4, -0.2) is 35.7 Å². The fourth-order valence-electron chi connectivity index (χ4n) is 2.87. The van der Waals surface area contributed by atoms with E-state index in [0.717, 1.165) is 25.9 Å². The van der Waals surface area contributed by atoms with Crippen LogP contribution in [0.15, 0.2) is 24.3 Å². The summed E-state index contributed by atoms with van der Waals surface area (Å²) in [5.41, 5.74) is 3.80. The lowest BCUT2D eigenvalue weighted by molar-refractivity contribution is 0.0934. The van der Waals surface area contributed by atoms with Crippen LogP contribution in [0.2, 0.25) is 0 Å². The second-order valence-electron chi connectivity index (χ2n) is 6.09. The third-order valence-corrected chi connectivity index (χ3v) is 3.96. The van der Waals surface area contributed by atoms with Gasteiger partial charge in [-0.3, -0.25) is 0 Å². The molecular weight excluding hydrogens is 264 g/mol. The summed E-state index contributed by atoms with van der Waals surface area (Å²) in [4.78, 5) is 17.4. The number of H-pyrrole nitrogens is 1. The smallest absolute Gasteiger partial charge is 0.409 e. The molecule has 0 saturated heterocycles. The molecule has 21 heavy (non-hydrogen) atoms. The van der Waals surface area contributed by atoms with E-state index in [1.165, 1.54) is 22.2 Å². The molecule has 4 nitrogen and oxygen atoms in total. The van der Waals surface area contributed by atoms with Crippen molar-refractivity contribution in [3.63, 3.8) is 0 Å². The monoisotopic (exact) mass is 286 g/mol. The molecule has 1 N–H and O–H groups in total. The Labute approximate surface area is 125 Å². The van der Waals surface area contributed by atoms with Gasteiger partial charge >= 0.3 is 6.09 Å². The van der Waals surface area contributed by atoms with Gasteiger partial charge in [0, 0.05) is 36.1 Å². The molecule has 1 aliphatic rings. The minimum Gasteiger partial charge on any atom is -0.449 e. The van der Waals surface area contributed by atoms with Gasteiger partial charge in [0.25, 0.3) is 0 Å². The third-order valence-electron chi connectivity index (χ3n) is 3.96. The zero-order valence-corrected chi connectivity index (χ0v) is 12.7. The van der Waals surface area contributed by atoms with Gasteiger partial charge in [-0.05, 0) is 24.0 Å². The van der Waals surface area contributed by atoms with Gasteiger partial charge in [-0.2, -0.15) is 0 Å². The quantitative estimate of drug-likeness (QED) is 0.920. The molecule has 4 heteroatoms. The molecule has 0 radical (unpaired) electrons. The Balaban J connectivity index is 1.72. The van der Waals surface area contributed by atoms with Crippen molar-refractivity contribution in [1.82, 2.24) is 9.88 Å². The minimum absolute atomic E-state index is 0.182. The van der Waals surface area contributed by atoms with Gasteiger partial charge in [0.1, 0.15) is 0 Å². The molecule has 0 aliphatic carbocycles. The second kappa shape index (κ2) is 5.80. The molecule has 2 heterocycles. The molecule has 0 saturated carbocycles. The van der Waals surface area contributed by atoms with E-state index in [1.54, 1.807) is 0 Å². The van der Waals surface area contributed by atoms with Crippen LogP contribution in [0.5, 0.6) is 0 Å². The first-order chi connectivity index (χ1) is 10.1. The first-order valence-electron chi connectivity index (χ1n) is 7.65. The molecule has 0 bridgehead atoms. The maximum absolute atomic E-state index is 12.1. The summed E-state index contributed by atoms with van der Waals surface area (Å²) in [6.07, 6.45) is 1.56. The minimum atomic E-state index is -0.182. The number of rotatable bonds is 2. The fraction of sp³-hybridized carbons (Fsp3) is 0.471. The molecule has 1 aromatic heterocycles. The van der Waals surface area contributed by atoms with Gasteiger partial charge in [0.2, 0.25) is 0 Å². The molecule has 1 amide bonds. The second-order valence-corrected chi connectivity index (χ2v) is 6.09. The number of nitrogens with zero attached hydrogens (tertiary/aromatic N) is 1. The average molecular weight is 286 g/mol. The standard InChI is InChI=1S/C17H22N2O2/c1-12(2)11-21-17(20)19-9-7-14-13-5-3-4-6-15(13)18-16(14)8-10-19/h3-6,12,18H,7-11H2,1-2H3. The highest BCUT2D eigenvalue weighted by Gasteiger charge is 2.22. The topological polar surface area (TPSA) is 45.3 Å². The summed E-state index contributed by atoms with van der Waals surface area (Å²) in [7, 11) is 0. The van der Waals surface area contributed by atoms with E-state index >= 15 is 0 Å². The van der Waals surface area contributed by atoms with Gasteiger partial charge in [-0.1, -0.05) is 32.0 Å². The van der Waals surface area contributed by atoms with Crippen LogP contribution in [-0.2, 0) is 17.6 Å². The summed E-state index contributed by atoms with van der Waals surface area (Å²) in [5, 5.41) is 1.28. The van der Waals surface area contributed by atoms with Crippen molar-refractivity contribution in [1.29, 1.82) is 0 Å². The maximum atomic E-state index is 12.1. The number of benzene rings is 1. The number of fused-ring (bicyclic) bond motifs is 3. The highest BCUT2D eigenvalue weighted by atomic mass is 16.6. The zero-order chi connectivity index (χ0) is 14.8. The summed E-state index contributed by atoms with van der Waals surface area (Å²) in [6.45, 7) is 6.03. The lowest BCUT2D eigenvalue weighted by Gasteiger charge is -2.20. The largest absolute Gasteiger partial charge is 0.449 e. The molecule has 112 valence electrons. The number of carbonyl (C=O) groups excluding carboxylic acids is 1. The summed E-state index contributed by atoms with van der Waals surface area (Å²) in [6, 6.07) is 8.37. The normalized spacial score (nSPS) is 15.1. The number of carbonyl (C=O) groups is 1. The SMILES string of the molecule is CC(C)COC(=O)N1CCc2[nH]c3ccccc3c2CC1. The molecule has 1 aromatic carbocycles. The van der Waals surface area contributed by atoms with E-state index in [1.807, 2.05) is 24.8 Å². The molecule has 0 fully saturated rings. The van der Waals surface area contributed by atoms with Gasteiger partial charge in [-0.15, -0.1) is 0 Å². The van der Waals surface area contributed by atoms with Gasteiger partial charge < -0.3 is 14.6 Å². The lowest BCUT2D eigenvalue weighted by Crippen LogP contribution is -2.34. The summed E-state index contributed by atoms with van der Waals surface area (Å²) >= 11 is 0. The fourth-order valence-corrected chi connectivity index (χ4v) is 2.87. The van der Waals surface area contributed by atoms with E-state index in [-0.39, 0.29) is 6.09 Å². The van der Waals surface area contributed by atoms with Crippen molar-refractivity contribution < 1.29 is 9.53 Å². The molecular formula is C17H22N2O2. The Hall–Kier alpha value is -1.97. The lowest BCUT2D eigenvalue weighted by atomic mass is 10.1. The van der Waals surface area contributed by atoms with Crippen LogP contribution in [0.25, 0.3) is 10.9 Å². The Morgan fingerprint density at radius 2 is 2.05 bits per heavy atom. The highest BCUT2D eigenvalue weighted by molar-refractivity contribution is 5.85. The van der Waals surface area contributed by atoms with Crippen LogP contribution in [0.4, 0.5) is 4.79 Å². The van der Waals surface area contributed by atoms with Crippen LogP contribution in [0, 0.1) is 5.92 Å². The molecule has 2 aromatic rings. The van der Waals surface area contributed by atoms with Crippen LogP contribution < -0.4 is 0 Å².